The molecule has 1 aliphatic rings. The zero-order chi connectivity index (χ0) is 36.4. The predicted molar refractivity (Wildman–Crippen MR) is 192 cm³/mol. The Balaban J connectivity index is 1.41. The third-order valence-electron chi connectivity index (χ3n) is 8.70. The van der Waals surface area contributed by atoms with Crippen LogP contribution in [0, 0.1) is 5.92 Å². The largest absolute Gasteiger partial charge is 0.497 e. The Morgan fingerprint density at radius 2 is 1.70 bits per heavy atom. The van der Waals surface area contributed by atoms with Crippen LogP contribution in [0.15, 0.2) is 71.6 Å². The Hall–Kier alpha value is -4.66. The van der Waals surface area contributed by atoms with Gasteiger partial charge < -0.3 is 35.8 Å². The zero-order valence-corrected chi connectivity index (χ0v) is 29.7. The van der Waals surface area contributed by atoms with Gasteiger partial charge in [0.2, 0.25) is 21.8 Å². The van der Waals surface area contributed by atoms with E-state index in [1.165, 1.54) is 36.7 Å². The number of hydrogen-bond acceptors (Lipinski definition) is 9. The topological polar surface area (TPSA) is 181 Å². The number of carbonyl (C=O) groups excluding carboxylic acids is 3. The standard InChI is InChI=1S/C36H47N5O8S/c1-24-21-41(25(2)23-42)36(45)29-20-26(38-34(43)12-6-5-7-13-35(44)39-31-11-9-8-10-30(31)37)14-19-32(29)49-33(24)22-40(3)50(46,47)28-17-15-27(48-4)16-18-28/h8-11,14-20,24-25,33,42H,5-7,12-13,21-23,37H2,1-4H3,(H,38,43)(H,39,44)/t24-,25+,33+/m0/s1. The van der Waals surface area contributed by atoms with Crippen LogP contribution >= 0.6 is 0 Å². The smallest absolute Gasteiger partial charge is 0.258 e. The van der Waals surface area contributed by atoms with E-state index in [1.54, 1.807) is 60.4 Å². The number of unbranched alkanes of at least 4 members (excludes halogenated alkanes) is 2. The maximum absolute atomic E-state index is 13.8. The lowest BCUT2D eigenvalue weighted by molar-refractivity contribution is -0.116. The van der Waals surface area contributed by atoms with Crippen LogP contribution in [0.4, 0.5) is 17.1 Å². The lowest BCUT2D eigenvalue weighted by atomic mass is 9.99. The van der Waals surface area contributed by atoms with Gasteiger partial charge in [-0.05, 0) is 74.4 Å². The highest BCUT2D eigenvalue weighted by Crippen LogP contribution is 2.31. The number of rotatable bonds is 15. The monoisotopic (exact) mass is 709 g/mol. The van der Waals surface area contributed by atoms with E-state index >= 15 is 0 Å². The molecule has 270 valence electrons. The van der Waals surface area contributed by atoms with Gasteiger partial charge in [0.05, 0.1) is 48.1 Å². The molecule has 3 atom stereocenters. The summed E-state index contributed by atoms with van der Waals surface area (Å²) in [5.41, 5.74) is 7.52. The van der Waals surface area contributed by atoms with Gasteiger partial charge in [0.25, 0.3) is 5.91 Å². The molecule has 0 aliphatic carbocycles. The van der Waals surface area contributed by atoms with Crippen LogP contribution in [0.25, 0.3) is 0 Å². The van der Waals surface area contributed by atoms with Gasteiger partial charge in [-0.3, -0.25) is 14.4 Å². The number of likely N-dealkylation sites (N-methyl/N-ethyl adjacent to an activating group) is 1. The maximum atomic E-state index is 13.8. The summed E-state index contributed by atoms with van der Waals surface area (Å²) in [4.78, 5) is 40.5. The second-order valence-corrected chi connectivity index (χ2v) is 14.6. The molecule has 4 rings (SSSR count). The third kappa shape index (κ3) is 9.73. The number of benzene rings is 3. The van der Waals surface area contributed by atoms with E-state index in [1.807, 2.05) is 6.92 Å². The molecule has 3 aromatic rings. The summed E-state index contributed by atoms with van der Waals surface area (Å²) in [6, 6.07) is 17.4. The molecule has 1 heterocycles. The van der Waals surface area contributed by atoms with E-state index in [-0.39, 0.29) is 66.0 Å². The number of aliphatic hydroxyl groups excluding tert-OH is 1. The molecule has 14 heteroatoms. The number of aliphatic hydroxyl groups is 1. The van der Waals surface area contributed by atoms with E-state index in [0.717, 1.165) is 0 Å². The van der Waals surface area contributed by atoms with Gasteiger partial charge in [-0.25, -0.2) is 8.42 Å². The van der Waals surface area contributed by atoms with Gasteiger partial charge in [-0.15, -0.1) is 0 Å². The third-order valence-corrected chi connectivity index (χ3v) is 10.5. The number of sulfonamides is 1. The number of carbonyl (C=O) groups is 3. The summed E-state index contributed by atoms with van der Waals surface area (Å²) < 4.78 is 39.6. The lowest BCUT2D eigenvalue weighted by Gasteiger charge is -2.38. The van der Waals surface area contributed by atoms with Gasteiger partial charge >= 0.3 is 0 Å². The van der Waals surface area contributed by atoms with E-state index in [4.69, 9.17) is 15.2 Å². The minimum atomic E-state index is -3.88. The first-order chi connectivity index (χ1) is 23.8. The Kier molecular flexibility index (Phi) is 13.2. The number of hydrogen-bond donors (Lipinski definition) is 4. The fourth-order valence-electron chi connectivity index (χ4n) is 5.59. The van der Waals surface area contributed by atoms with Crippen LogP contribution in [0.2, 0.25) is 0 Å². The Labute approximate surface area is 293 Å². The van der Waals surface area contributed by atoms with Crippen molar-refractivity contribution >= 4 is 44.8 Å². The van der Waals surface area contributed by atoms with Gasteiger partial charge in [-0.1, -0.05) is 25.5 Å². The van der Waals surface area contributed by atoms with Crippen molar-refractivity contribution in [3.05, 3.63) is 72.3 Å². The molecule has 5 N–H and O–H groups in total. The average Bonchev–Trinajstić information content (AvgIpc) is 3.10. The first kappa shape index (κ1) is 38.1. The molecule has 3 aromatic carbocycles. The lowest BCUT2D eigenvalue weighted by Crippen LogP contribution is -2.50. The molecule has 0 saturated carbocycles. The van der Waals surface area contributed by atoms with Gasteiger partial charge in [-0.2, -0.15) is 4.31 Å². The molecule has 0 unspecified atom stereocenters. The summed E-state index contributed by atoms with van der Waals surface area (Å²) in [5.74, 6) is -0.305. The van der Waals surface area contributed by atoms with E-state index in [2.05, 4.69) is 10.6 Å². The highest BCUT2D eigenvalue weighted by molar-refractivity contribution is 7.89. The van der Waals surface area contributed by atoms with E-state index in [9.17, 15) is 27.9 Å². The van der Waals surface area contributed by atoms with Crippen LogP contribution in [0.3, 0.4) is 0 Å². The van der Waals surface area contributed by atoms with Crippen molar-refractivity contribution in [1.82, 2.24) is 9.21 Å². The summed E-state index contributed by atoms with van der Waals surface area (Å²) in [6.45, 7) is 3.52. The first-order valence-electron chi connectivity index (χ1n) is 16.6. The average molecular weight is 710 g/mol. The fourth-order valence-corrected chi connectivity index (χ4v) is 6.78. The molecule has 50 heavy (non-hydrogen) atoms. The van der Waals surface area contributed by atoms with E-state index in [0.29, 0.717) is 48.5 Å². The number of nitrogens with zero attached hydrogens (tertiary/aromatic N) is 2. The highest BCUT2D eigenvalue weighted by atomic mass is 32.2. The van der Waals surface area contributed by atoms with Crippen molar-refractivity contribution in [1.29, 1.82) is 0 Å². The molecular weight excluding hydrogens is 662 g/mol. The number of methoxy groups -OCH3 is 1. The van der Waals surface area contributed by atoms with Crippen LogP contribution in [0.5, 0.6) is 11.5 Å². The van der Waals surface area contributed by atoms with Crippen LogP contribution < -0.4 is 25.8 Å². The van der Waals surface area contributed by atoms with Crippen LogP contribution in [-0.2, 0) is 19.6 Å². The Morgan fingerprint density at radius 1 is 1.04 bits per heavy atom. The first-order valence-corrected chi connectivity index (χ1v) is 18.0. The normalized spacial score (nSPS) is 16.8. The highest BCUT2D eigenvalue weighted by Gasteiger charge is 2.35. The molecule has 13 nitrogen and oxygen atoms in total. The Morgan fingerprint density at radius 3 is 2.34 bits per heavy atom. The molecule has 0 radical (unpaired) electrons. The molecule has 3 amide bonds. The van der Waals surface area contributed by atoms with Crippen LogP contribution in [0.1, 0.15) is 56.3 Å². The minimum Gasteiger partial charge on any atom is -0.497 e. The number of nitrogens with one attached hydrogen (secondary N) is 2. The number of nitrogens with two attached hydrogens (primary N) is 1. The second-order valence-electron chi connectivity index (χ2n) is 12.5. The van der Waals surface area contributed by atoms with Gasteiger partial charge in [0.1, 0.15) is 17.6 Å². The van der Waals surface area contributed by atoms with Crippen molar-refractivity contribution in [2.75, 3.05) is 50.2 Å². The number of amides is 3. The second kappa shape index (κ2) is 17.3. The quantitative estimate of drug-likeness (QED) is 0.132. The van der Waals surface area contributed by atoms with Crippen molar-refractivity contribution in [3.8, 4) is 11.5 Å². The SMILES string of the molecule is COc1ccc(S(=O)(=O)N(C)C[C@H]2Oc3ccc(NC(=O)CCCCCC(=O)Nc4ccccc4N)cc3C(=O)N([C@H](C)CO)C[C@@H]2C)cc1. The predicted octanol–water partition coefficient (Wildman–Crippen LogP) is 4.35. The number of fused-ring (bicyclic) bond motifs is 1. The van der Waals surface area contributed by atoms with Crippen molar-refractivity contribution in [2.24, 2.45) is 5.92 Å². The molecule has 1 aliphatic heterocycles. The van der Waals surface area contributed by atoms with Gasteiger partial charge in [0.15, 0.2) is 0 Å². The van der Waals surface area contributed by atoms with Crippen molar-refractivity contribution in [2.45, 2.75) is 63.0 Å². The zero-order valence-electron chi connectivity index (χ0n) is 28.9. The number of para-hydroxylation sites is 2. The minimum absolute atomic E-state index is 0.00896. The van der Waals surface area contributed by atoms with Crippen molar-refractivity contribution < 1.29 is 37.4 Å². The Bertz CT molecular complexity index is 1750. The molecule has 0 spiro atoms. The van der Waals surface area contributed by atoms with Gasteiger partial charge in [0, 0.05) is 38.0 Å². The summed E-state index contributed by atoms with van der Waals surface area (Å²) >= 11 is 0. The number of ether oxygens (including phenoxy) is 2. The van der Waals surface area contributed by atoms with Crippen LogP contribution in [-0.4, -0.2) is 86.5 Å². The number of nitrogen functional groups attached to an aromatic ring is 1. The van der Waals surface area contributed by atoms with E-state index < -0.39 is 22.2 Å². The molecule has 0 bridgehead atoms. The molecular formula is C36H47N5O8S. The summed E-state index contributed by atoms with van der Waals surface area (Å²) in [6.07, 6.45) is 1.70. The number of anilines is 3. The summed E-state index contributed by atoms with van der Waals surface area (Å²) in [7, 11) is -0.899. The molecule has 0 aromatic heterocycles. The molecule has 0 saturated heterocycles. The summed E-state index contributed by atoms with van der Waals surface area (Å²) in [5, 5.41) is 15.6. The fraction of sp³-hybridized carbons (Fsp3) is 0.417. The van der Waals surface area contributed by atoms with Crippen molar-refractivity contribution in [3.63, 3.8) is 0 Å². The molecule has 0 fully saturated rings. The maximum Gasteiger partial charge on any atom is 0.258 e.